The van der Waals surface area contributed by atoms with Gasteiger partial charge in [-0.2, -0.15) is 16.7 Å². The Morgan fingerprint density at radius 1 is 1.53 bits per heavy atom. The molecule has 0 spiro atoms. The fraction of sp³-hybridized carbons (Fsp3) is 0.333. The second kappa shape index (κ2) is 6.49. The molecule has 1 unspecified atom stereocenters. The minimum Gasteiger partial charge on any atom is -0.337 e. The van der Waals surface area contributed by atoms with Crippen molar-refractivity contribution in [3.63, 3.8) is 0 Å². The van der Waals surface area contributed by atoms with Crippen molar-refractivity contribution >= 4 is 27.7 Å². The van der Waals surface area contributed by atoms with Gasteiger partial charge in [-0.3, -0.25) is 0 Å². The van der Waals surface area contributed by atoms with Gasteiger partial charge in [0.05, 0.1) is 6.04 Å². The van der Waals surface area contributed by atoms with Gasteiger partial charge in [0.15, 0.2) is 0 Å². The number of benzene rings is 1. The smallest absolute Gasteiger partial charge is 0.243 e. The predicted molar refractivity (Wildman–Crippen MR) is 77.3 cm³/mol. The van der Waals surface area contributed by atoms with Crippen molar-refractivity contribution in [3.05, 3.63) is 34.4 Å². The van der Waals surface area contributed by atoms with E-state index in [2.05, 4.69) is 26.1 Å². The van der Waals surface area contributed by atoms with Gasteiger partial charge in [0.1, 0.15) is 5.82 Å². The van der Waals surface area contributed by atoms with Crippen molar-refractivity contribution in [3.8, 4) is 11.4 Å². The van der Waals surface area contributed by atoms with Crippen molar-refractivity contribution in [2.24, 2.45) is 5.73 Å². The molecular weight excluding hydrogens is 333 g/mol. The molecule has 0 saturated carbocycles. The summed E-state index contributed by atoms with van der Waals surface area (Å²) < 4.78 is 19.1. The summed E-state index contributed by atoms with van der Waals surface area (Å²) >= 11 is 5.04. The van der Waals surface area contributed by atoms with Gasteiger partial charge in [-0.1, -0.05) is 21.1 Å². The van der Waals surface area contributed by atoms with E-state index in [-0.39, 0.29) is 11.9 Å². The van der Waals surface area contributed by atoms with Crippen LogP contribution >= 0.6 is 27.7 Å². The first-order valence-electron chi connectivity index (χ1n) is 5.65. The molecule has 1 aromatic heterocycles. The number of rotatable bonds is 5. The van der Waals surface area contributed by atoms with E-state index in [0.717, 1.165) is 12.2 Å². The lowest BCUT2D eigenvalue weighted by Gasteiger charge is -2.03. The normalized spacial score (nSPS) is 12.6. The average Bonchev–Trinajstić information content (AvgIpc) is 2.88. The Bertz CT molecular complexity index is 564. The summed E-state index contributed by atoms with van der Waals surface area (Å²) in [5.41, 5.74) is 6.49. The molecule has 1 atom stereocenters. The molecule has 4 nitrogen and oxygen atoms in total. The summed E-state index contributed by atoms with van der Waals surface area (Å²) in [4.78, 5) is 4.23. The number of nitrogens with zero attached hydrogens (tertiary/aromatic N) is 2. The maximum atomic E-state index is 13.2. The summed E-state index contributed by atoms with van der Waals surface area (Å²) in [6.07, 6.45) is 2.77. The Hall–Kier alpha value is -0.920. The Labute approximate surface area is 123 Å². The number of nitrogens with two attached hydrogens (primary N) is 1. The zero-order chi connectivity index (χ0) is 13.8. The molecule has 2 N–H and O–H groups in total. The second-order valence-corrected chi connectivity index (χ2v) is 5.81. The van der Waals surface area contributed by atoms with E-state index in [1.165, 1.54) is 12.1 Å². The highest BCUT2D eigenvalue weighted by Crippen LogP contribution is 2.27. The van der Waals surface area contributed by atoms with E-state index in [0.29, 0.717) is 21.8 Å². The van der Waals surface area contributed by atoms with Crippen molar-refractivity contribution in [1.82, 2.24) is 10.1 Å². The Kier molecular flexibility index (Phi) is 4.95. The van der Waals surface area contributed by atoms with Crippen molar-refractivity contribution in [1.29, 1.82) is 0 Å². The molecular formula is C12H13BrFN3OS. The minimum absolute atomic E-state index is 0.291. The van der Waals surface area contributed by atoms with Crippen LogP contribution in [0.4, 0.5) is 4.39 Å². The molecule has 2 aromatic rings. The van der Waals surface area contributed by atoms with Gasteiger partial charge < -0.3 is 10.3 Å². The summed E-state index contributed by atoms with van der Waals surface area (Å²) in [6.45, 7) is 0. The van der Waals surface area contributed by atoms with Crippen molar-refractivity contribution in [2.45, 2.75) is 12.5 Å². The highest BCUT2D eigenvalue weighted by Gasteiger charge is 2.17. The first-order chi connectivity index (χ1) is 9.11. The lowest BCUT2D eigenvalue weighted by molar-refractivity contribution is 0.353. The van der Waals surface area contributed by atoms with Gasteiger partial charge in [0, 0.05) is 10.0 Å². The molecule has 7 heteroatoms. The van der Waals surface area contributed by atoms with Crippen LogP contribution in [0.1, 0.15) is 18.4 Å². The third kappa shape index (κ3) is 3.55. The van der Waals surface area contributed by atoms with Crippen LogP contribution < -0.4 is 5.73 Å². The number of halogens is 2. The molecule has 0 amide bonds. The van der Waals surface area contributed by atoms with Gasteiger partial charge in [0.2, 0.25) is 11.7 Å². The minimum atomic E-state index is -0.351. The lowest BCUT2D eigenvalue weighted by Crippen LogP contribution is -2.11. The SMILES string of the molecule is CSCCC(N)c1nc(-c2cc(F)ccc2Br)no1. The Morgan fingerprint density at radius 3 is 3.05 bits per heavy atom. The number of thioether (sulfide) groups is 1. The number of hydrogen-bond acceptors (Lipinski definition) is 5. The van der Waals surface area contributed by atoms with Crippen LogP contribution in [-0.2, 0) is 0 Å². The standard InChI is InChI=1S/C12H13BrFN3OS/c1-19-5-4-10(15)12-16-11(17-18-12)8-6-7(14)2-3-9(8)13/h2-3,6,10H,4-5,15H2,1H3. The summed E-state index contributed by atoms with van der Waals surface area (Å²) in [7, 11) is 0. The largest absolute Gasteiger partial charge is 0.337 e. The van der Waals surface area contributed by atoms with Crippen LogP contribution in [0.2, 0.25) is 0 Å². The molecule has 0 saturated heterocycles. The topological polar surface area (TPSA) is 64.9 Å². The molecule has 0 aliphatic rings. The lowest BCUT2D eigenvalue weighted by atomic mass is 10.2. The molecule has 0 bridgehead atoms. The summed E-state index contributed by atoms with van der Waals surface area (Å²) in [5, 5.41) is 3.85. The van der Waals surface area contributed by atoms with Crippen LogP contribution in [0.5, 0.6) is 0 Å². The third-order valence-electron chi connectivity index (χ3n) is 2.56. The fourth-order valence-electron chi connectivity index (χ4n) is 1.53. The first kappa shape index (κ1) is 14.5. The second-order valence-electron chi connectivity index (χ2n) is 3.97. The maximum Gasteiger partial charge on any atom is 0.243 e. The molecule has 0 fully saturated rings. The molecule has 0 aliphatic carbocycles. The van der Waals surface area contributed by atoms with Crippen LogP contribution in [0, 0.1) is 5.82 Å². The van der Waals surface area contributed by atoms with Crippen molar-refractivity contribution < 1.29 is 8.91 Å². The van der Waals surface area contributed by atoms with E-state index in [1.807, 2.05) is 6.26 Å². The highest BCUT2D eigenvalue weighted by molar-refractivity contribution is 9.10. The van der Waals surface area contributed by atoms with Crippen LogP contribution in [0.15, 0.2) is 27.2 Å². The van der Waals surface area contributed by atoms with Crippen molar-refractivity contribution in [2.75, 3.05) is 12.0 Å². The molecule has 0 radical (unpaired) electrons. The van der Waals surface area contributed by atoms with Gasteiger partial charge in [-0.25, -0.2) is 4.39 Å². The zero-order valence-electron chi connectivity index (χ0n) is 10.3. The quantitative estimate of drug-likeness (QED) is 0.899. The first-order valence-corrected chi connectivity index (χ1v) is 7.84. The highest BCUT2D eigenvalue weighted by atomic mass is 79.9. The fourth-order valence-corrected chi connectivity index (χ4v) is 2.45. The number of aromatic nitrogens is 2. The Morgan fingerprint density at radius 2 is 2.32 bits per heavy atom. The Balaban J connectivity index is 2.23. The molecule has 1 heterocycles. The van der Waals surface area contributed by atoms with Crippen LogP contribution in [0.25, 0.3) is 11.4 Å². The van der Waals surface area contributed by atoms with E-state index in [1.54, 1.807) is 17.8 Å². The van der Waals surface area contributed by atoms with Crippen LogP contribution in [0.3, 0.4) is 0 Å². The summed E-state index contributed by atoms with van der Waals surface area (Å²) in [6, 6.07) is 4.03. The molecule has 102 valence electrons. The summed E-state index contributed by atoms with van der Waals surface area (Å²) in [5.74, 6) is 1.28. The zero-order valence-corrected chi connectivity index (χ0v) is 12.7. The number of hydrogen-bond donors (Lipinski definition) is 1. The van der Waals surface area contributed by atoms with Gasteiger partial charge in [0.25, 0.3) is 0 Å². The third-order valence-corrected chi connectivity index (χ3v) is 3.90. The molecule has 19 heavy (non-hydrogen) atoms. The molecule has 2 rings (SSSR count). The van der Waals surface area contributed by atoms with E-state index in [9.17, 15) is 4.39 Å². The van der Waals surface area contributed by atoms with Gasteiger partial charge in [-0.05, 0) is 36.6 Å². The monoisotopic (exact) mass is 345 g/mol. The molecule has 0 aliphatic heterocycles. The van der Waals surface area contributed by atoms with Gasteiger partial charge in [-0.15, -0.1) is 0 Å². The van der Waals surface area contributed by atoms with Crippen LogP contribution in [-0.4, -0.2) is 22.1 Å². The average molecular weight is 346 g/mol. The molecule has 1 aromatic carbocycles. The van der Waals surface area contributed by atoms with Gasteiger partial charge >= 0.3 is 0 Å². The van der Waals surface area contributed by atoms with E-state index in [4.69, 9.17) is 10.3 Å². The maximum absolute atomic E-state index is 13.2. The van der Waals surface area contributed by atoms with E-state index < -0.39 is 0 Å². The predicted octanol–water partition coefficient (Wildman–Crippen LogP) is 3.39. The van der Waals surface area contributed by atoms with E-state index >= 15 is 0 Å².